The second-order valence-electron chi connectivity index (χ2n) is 8.30. The van der Waals surface area contributed by atoms with Crippen molar-refractivity contribution in [3.63, 3.8) is 0 Å². The summed E-state index contributed by atoms with van der Waals surface area (Å²) >= 11 is 1.31. The van der Waals surface area contributed by atoms with Crippen molar-refractivity contribution in [1.29, 1.82) is 0 Å². The molecule has 0 aliphatic carbocycles. The van der Waals surface area contributed by atoms with E-state index in [0.29, 0.717) is 11.3 Å². The van der Waals surface area contributed by atoms with Gasteiger partial charge in [-0.1, -0.05) is 24.7 Å². The van der Waals surface area contributed by atoms with E-state index in [2.05, 4.69) is 4.99 Å². The molecule has 0 spiro atoms. The van der Waals surface area contributed by atoms with E-state index in [1.807, 2.05) is 32.9 Å². The maximum atomic E-state index is 13.0. The van der Waals surface area contributed by atoms with Crippen LogP contribution in [-0.4, -0.2) is 49.4 Å². The van der Waals surface area contributed by atoms with E-state index in [1.165, 1.54) is 39.9 Å². The summed E-state index contributed by atoms with van der Waals surface area (Å²) in [6.45, 7) is 8.35. The summed E-state index contributed by atoms with van der Waals surface area (Å²) < 4.78 is 34.5. The molecule has 0 unspecified atom stereocenters. The van der Waals surface area contributed by atoms with Crippen molar-refractivity contribution >= 4 is 43.5 Å². The van der Waals surface area contributed by atoms with Gasteiger partial charge in [0.2, 0.25) is 10.0 Å². The molecule has 1 aromatic heterocycles. The Bertz CT molecular complexity index is 1400. The Morgan fingerprint density at radius 3 is 2.37 bits per heavy atom. The van der Waals surface area contributed by atoms with Gasteiger partial charge in [0.15, 0.2) is 4.80 Å². The Balaban J connectivity index is 1.98. The lowest BCUT2D eigenvalue weighted by molar-refractivity contribution is -0.143. The fourth-order valence-electron chi connectivity index (χ4n) is 3.50. The van der Waals surface area contributed by atoms with Gasteiger partial charge in [0.05, 0.1) is 21.7 Å². The molecule has 3 rings (SSSR count). The molecule has 1 heterocycles. The van der Waals surface area contributed by atoms with Crippen molar-refractivity contribution in [2.45, 2.75) is 52.0 Å². The average molecular weight is 518 g/mol. The van der Waals surface area contributed by atoms with Crippen LogP contribution in [0.15, 0.2) is 46.3 Å². The molecule has 188 valence electrons. The smallest absolute Gasteiger partial charge is 0.326 e. The normalized spacial score (nSPS) is 12.5. The lowest BCUT2D eigenvalue weighted by Gasteiger charge is -2.16. The number of benzene rings is 2. The molecule has 0 atom stereocenters. The van der Waals surface area contributed by atoms with Crippen molar-refractivity contribution < 1.29 is 22.7 Å². The number of nitrogens with zero attached hydrogens (tertiary/aromatic N) is 3. The Kier molecular flexibility index (Phi) is 8.63. The molecule has 8 nitrogen and oxygen atoms in total. The number of carbonyl (C=O) groups excluding carboxylic acids is 2. The first-order valence-corrected chi connectivity index (χ1v) is 13.8. The number of thiazole rings is 1. The summed E-state index contributed by atoms with van der Waals surface area (Å²) in [6.07, 6.45) is 1.66. The van der Waals surface area contributed by atoms with E-state index in [4.69, 9.17) is 4.74 Å². The van der Waals surface area contributed by atoms with Gasteiger partial charge < -0.3 is 9.30 Å². The SMILES string of the molecule is CCCCN(C)S(=O)(=O)c1ccc(C(=O)N=c2sc3cc(C)c(C)cc3n2CC(=O)OCC)cc1. The fraction of sp³-hybridized carbons (Fsp3) is 0.400. The molecule has 0 saturated heterocycles. The summed E-state index contributed by atoms with van der Waals surface area (Å²) in [5, 5.41) is 0. The van der Waals surface area contributed by atoms with Gasteiger partial charge in [0, 0.05) is 19.2 Å². The van der Waals surface area contributed by atoms with Gasteiger partial charge in [0.1, 0.15) is 6.54 Å². The Morgan fingerprint density at radius 1 is 1.09 bits per heavy atom. The number of sulfonamides is 1. The van der Waals surface area contributed by atoms with E-state index >= 15 is 0 Å². The number of hydrogen-bond acceptors (Lipinski definition) is 6. The van der Waals surface area contributed by atoms with E-state index in [-0.39, 0.29) is 23.6 Å². The van der Waals surface area contributed by atoms with Crippen LogP contribution in [0.5, 0.6) is 0 Å². The maximum Gasteiger partial charge on any atom is 0.326 e. The first-order chi connectivity index (χ1) is 16.6. The van der Waals surface area contributed by atoms with Crippen LogP contribution in [0, 0.1) is 13.8 Å². The minimum absolute atomic E-state index is 0.0657. The summed E-state index contributed by atoms with van der Waals surface area (Å²) in [5.74, 6) is -0.938. The standard InChI is InChI=1S/C25H31N3O5S2/c1-6-8-13-27(5)35(31,32)20-11-9-19(10-12-20)24(30)26-25-28(16-23(29)33-7-2)21-14-17(3)18(4)15-22(21)34-25/h9-12,14-15H,6-8,13,16H2,1-5H3. The van der Waals surface area contributed by atoms with Crippen LogP contribution < -0.4 is 4.80 Å². The molecule has 10 heteroatoms. The van der Waals surface area contributed by atoms with Gasteiger partial charge in [0.25, 0.3) is 5.91 Å². The summed E-state index contributed by atoms with van der Waals surface area (Å²) in [6, 6.07) is 9.75. The fourth-order valence-corrected chi connectivity index (χ4v) is 5.81. The number of hydrogen-bond donors (Lipinski definition) is 0. The molecule has 1 amide bonds. The highest BCUT2D eigenvalue weighted by atomic mass is 32.2. The van der Waals surface area contributed by atoms with Gasteiger partial charge in [-0.25, -0.2) is 12.7 Å². The number of carbonyl (C=O) groups is 2. The first kappa shape index (κ1) is 26.8. The van der Waals surface area contributed by atoms with Crippen LogP contribution in [0.2, 0.25) is 0 Å². The quantitative estimate of drug-likeness (QED) is 0.399. The molecular weight excluding hydrogens is 486 g/mol. The van der Waals surface area contributed by atoms with E-state index in [9.17, 15) is 18.0 Å². The highest BCUT2D eigenvalue weighted by Gasteiger charge is 2.21. The topological polar surface area (TPSA) is 98.0 Å². The van der Waals surface area contributed by atoms with E-state index in [0.717, 1.165) is 34.2 Å². The average Bonchev–Trinajstić information content (AvgIpc) is 3.13. The molecule has 0 bridgehead atoms. The van der Waals surface area contributed by atoms with Crippen molar-refractivity contribution in [3.05, 3.63) is 57.9 Å². The number of unbranched alkanes of at least 4 members (excludes halogenated alkanes) is 1. The lowest BCUT2D eigenvalue weighted by atomic mass is 10.1. The number of aromatic nitrogens is 1. The van der Waals surface area contributed by atoms with Gasteiger partial charge >= 0.3 is 5.97 Å². The molecule has 0 aliphatic heterocycles. The van der Waals surface area contributed by atoms with Crippen molar-refractivity contribution in [1.82, 2.24) is 8.87 Å². The van der Waals surface area contributed by atoms with Crippen LogP contribution >= 0.6 is 11.3 Å². The Hall–Kier alpha value is -2.82. The van der Waals surface area contributed by atoms with Crippen molar-refractivity contribution in [3.8, 4) is 0 Å². The third-order valence-electron chi connectivity index (χ3n) is 5.72. The third kappa shape index (κ3) is 6.06. The zero-order chi connectivity index (χ0) is 25.8. The van der Waals surface area contributed by atoms with Crippen LogP contribution in [0.3, 0.4) is 0 Å². The summed E-state index contributed by atoms with van der Waals surface area (Å²) in [5.41, 5.74) is 3.22. The molecule has 3 aromatic rings. The van der Waals surface area contributed by atoms with Gasteiger partial charge in [-0.05, 0) is 74.7 Å². The van der Waals surface area contributed by atoms with Gasteiger partial charge in [-0.2, -0.15) is 4.99 Å². The van der Waals surface area contributed by atoms with Crippen LogP contribution in [0.1, 0.15) is 48.2 Å². The Morgan fingerprint density at radius 2 is 1.74 bits per heavy atom. The van der Waals surface area contributed by atoms with Crippen molar-refractivity contribution in [2.24, 2.45) is 4.99 Å². The first-order valence-electron chi connectivity index (χ1n) is 11.5. The minimum Gasteiger partial charge on any atom is -0.465 e. The second-order valence-corrected chi connectivity index (χ2v) is 11.4. The molecule has 2 aromatic carbocycles. The molecular formula is C25H31N3O5S2. The van der Waals surface area contributed by atoms with Gasteiger partial charge in [-0.15, -0.1) is 0 Å². The zero-order valence-electron chi connectivity index (χ0n) is 20.7. The molecule has 0 radical (unpaired) electrons. The molecule has 0 aliphatic rings. The van der Waals surface area contributed by atoms with E-state index in [1.54, 1.807) is 18.5 Å². The predicted molar refractivity (Wildman–Crippen MR) is 137 cm³/mol. The maximum absolute atomic E-state index is 13.0. The van der Waals surface area contributed by atoms with Gasteiger partial charge in [-0.3, -0.25) is 9.59 Å². The lowest BCUT2D eigenvalue weighted by Crippen LogP contribution is -2.27. The van der Waals surface area contributed by atoms with Crippen LogP contribution in [-0.2, 0) is 26.1 Å². The second kappa shape index (κ2) is 11.3. The number of aryl methyl sites for hydroxylation is 2. The van der Waals surface area contributed by atoms with Crippen molar-refractivity contribution in [2.75, 3.05) is 20.2 Å². The number of amides is 1. The largest absolute Gasteiger partial charge is 0.465 e. The highest BCUT2D eigenvalue weighted by Crippen LogP contribution is 2.22. The number of rotatable bonds is 9. The third-order valence-corrected chi connectivity index (χ3v) is 8.64. The van der Waals surface area contributed by atoms with E-state index < -0.39 is 21.9 Å². The minimum atomic E-state index is -3.63. The highest BCUT2D eigenvalue weighted by molar-refractivity contribution is 7.89. The molecule has 0 fully saturated rings. The number of esters is 1. The molecule has 35 heavy (non-hydrogen) atoms. The Labute approximate surface area is 209 Å². The summed E-state index contributed by atoms with van der Waals surface area (Å²) in [7, 11) is -2.08. The predicted octanol–water partition coefficient (Wildman–Crippen LogP) is 4.04. The zero-order valence-corrected chi connectivity index (χ0v) is 22.3. The van der Waals surface area contributed by atoms with Crippen LogP contribution in [0.25, 0.3) is 10.2 Å². The number of fused-ring (bicyclic) bond motifs is 1. The number of ether oxygens (including phenoxy) is 1. The monoisotopic (exact) mass is 517 g/mol. The molecule has 0 saturated carbocycles. The molecule has 0 N–H and O–H groups in total. The summed E-state index contributed by atoms with van der Waals surface area (Å²) in [4.78, 5) is 30.0. The van der Waals surface area contributed by atoms with Crippen LogP contribution in [0.4, 0.5) is 0 Å².